The number of aromatic nitrogens is 2. The van der Waals surface area contributed by atoms with Gasteiger partial charge in [0, 0.05) is 49.0 Å². The van der Waals surface area contributed by atoms with Crippen LogP contribution in [0, 0.1) is 18.6 Å². The number of anilines is 4. The van der Waals surface area contributed by atoms with Gasteiger partial charge in [-0.3, -0.25) is 4.98 Å². The molecule has 0 saturated carbocycles. The van der Waals surface area contributed by atoms with E-state index in [4.69, 9.17) is 14.5 Å². The average Bonchev–Trinajstić information content (AvgIpc) is 2.95. The van der Waals surface area contributed by atoms with Crippen LogP contribution >= 0.6 is 0 Å². The zero-order chi connectivity index (χ0) is 26.1. The van der Waals surface area contributed by atoms with Gasteiger partial charge in [0.2, 0.25) is 0 Å². The van der Waals surface area contributed by atoms with Crippen LogP contribution in [-0.4, -0.2) is 62.6 Å². The Hall–Kier alpha value is -3.82. The Labute approximate surface area is 220 Å². The van der Waals surface area contributed by atoms with Crippen molar-refractivity contribution in [3.05, 3.63) is 72.1 Å². The van der Waals surface area contributed by atoms with Crippen LogP contribution in [0.25, 0.3) is 22.2 Å². The predicted molar refractivity (Wildman–Crippen MR) is 145 cm³/mol. The highest BCUT2D eigenvalue weighted by Crippen LogP contribution is 2.39. The van der Waals surface area contributed by atoms with Gasteiger partial charge in [0.05, 0.1) is 60.9 Å². The first-order valence-electron chi connectivity index (χ1n) is 12.8. The van der Waals surface area contributed by atoms with Crippen molar-refractivity contribution in [1.29, 1.82) is 0 Å². The van der Waals surface area contributed by atoms with Crippen LogP contribution in [0.1, 0.15) is 5.56 Å². The molecule has 0 aliphatic carbocycles. The second-order valence-electron chi connectivity index (χ2n) is 9.54. The van der Waals surface area contributed by atoms with Crippen molar-refractivity contribution >= 4 is 33.7 Å². The molecule has 0 unspecified atom stereocenters. The topological polar surface area (TPSA) is 62.8 Å². The third kappa shape index (κ3) is 4.87. The molecule has 0 amide bonds. The van der Waals surface area contributed by atoms with Crippen LogP contribution in [-0.2, 0) is 9.47 Å². The van der Waals surface area contributed by atoms with Gasteiger partial charge in [-0.15, -0.1) is 0 Å². The van der Waals surface area contributed by atoms with Crippen LogP contribution < -0.4 is 15.1 Å². The zero-order valence-electron chi connectivity index (χ0n) is 21.2. The summed E-state index contributed by atoms with van der Waals surface area (Å²) in [6.45, 7) is 7.78. The first-order chi connectivity index (χ1) is 18.6. The fourth-order valence-electron chi connectivity index (χ4n) is 5.17. The Kier molecular flexibility index (Phi) is 6.78. The van der Waals surface area contributed by atoms with E-state index < -0.39 is 5.82 Å². The second kappa shape index (κ2) is 10.5. The van der Waals surface area contributed by atoms with E-state index >= 15 is 0 Å². The number of pyridine rings is 2. The molecule has 4 aromatic rings. The number of nitrogens with zero attached hydrogens (tertiary/aromatic N) is 4. The number of nitrogens with one attached hydrogen (secondary N) is 1. The maximum atomic E-state index is 14.5. The lowest BCUT2D eigenvalue weighted by Gasteiger charge is -2.33. The molecule has 9 heteroatoms. The second-order valence-corrected chi connectivity index (χ2v) is 9.54. The summed E-state index contributed by atoms with van der Waals surface area (Å²) in [5.74, 6) is -0.789. The number of fused-ring (bicyclic) bond motifs is 1. The third-order valence-electron chi connectivity index (χ3n) is 7.14. The molecule has 2 aromatic heterocycles. The van der Waals surface area contributed by atoms with E-state index in [1.54, 1.807) is 12.3 Å². The van der Waals surface area contributed by atoms with E-state index in [1.807, 2.05) is 6.92 Å². The summed E-state index contributed by atoms with van der Waals surface area (Å²) in [5, 5.41) is 4.30. The maximum Gasteiger partial charge on any atom is 0.142 e. The van der Waals surface area contributed by atoms with E-state index in [2.05, 4.69) is 38.3 Å². The smallest absolute Gasteiger partial charge is 0.142 e. The first kappa shape index (κ1) is 24.5. The fraction of sp³-hybridized carbons (Fsp3) is 0.310. The minimum absolute atomic E-state index is 0.350. The van der Waals surface area contributed by atoms with Gasteiger partial charge in [0.25, 0.3) is 0 Å². The molecule has 2 aromatic carbocycles. The van der Waals surface area contributed by atoms with Crippen molar-refractivity contribution in [2.75, 3.05) is 67.7 Å². The number of benzene rings is 2. The number of hydrogen-bond acceptors (Lipinski definition) is 7. The molecule has 196 valence electrons. The van der Waals surface area contributed by atoms with Gasteiger partial charge < -0.3 is 24.6 Å². The summed E-state index contributed by atoms with van der Waals surface area (Å²) in [5.41, 5.74) is 6.30. The predicted octanol–water partition coefficient (Wildman–Crippen LogP) is 5.30. The van der Waals surface area contributed by atoms with E-state index in [-0.39, 0.29) is 5.82 Å². The Morgan fingerprint density at radius 1 is 0.816 bits per heavy atom. The maximum absolute atomic E-state index is 14.5. The highest BCUT2D eigenvalue weighted by Gasteiger charge is 2.21. The summed E-state index contributed by atoms with van der Waals surface area (Å²) < 4.78 is 39.7. The molecule has 2 fully saturated rings. The fourth-order valence-corrected chi connectivity index (χ4v) is 5.17. The van der Waals surface area contributed by atoms with Gasteiger partial charge in [-0.1, -0.05) is 0 Å². The molecule has 0 radical (unpaired) electrons. The molecule has 0 atom stereocenters. The van der Waals surface area contributed by atoms with Gasteiger partial charge in [0.15, 0.2) is 0 Å². The van der Waals surface area contributed by atoms with Crippen molar-refractivity contribution in [2.45, 2.75) is 6.92 Å². The highest BCUT2D eigenvalue weighted by atomic mass is 19.1. The van der Waals surface area contributed by atoms with Crippen LogP contribution in [0.2, 0.25) is 0 Å². The van der Waals surface area contributed by atoms with Gasteiger partial charge in [0.1, 0.15) is 11.6 Å². The number of rotatable bonds is 5. The molecular formula is C29H29F2N5O2. The SMILES string of the molecule is Cc1c(-c2cncc(F)c2)nc2ccc(F)cc2c1Nc1cc(N2CCOCC2)ccc1N1CCOCC1. The van der Waals surface area contributed by atoms with Crippen molar-refractivity contribution < 1.29 is 18.3 Å². The standard InChI is InChI=1S/C29H29F2N5O2/c1-19-28(20-14-22(31)18-32-17-20)33-25-4-2-21(30)15-24(25)29(19)34-26-16-23(35-6-10-37-11-7-35)3-5-27(26)36-8-12-38-13-9-36/h2-5,14-18H,6-13H2,1H3,(H,33,34). The summed E-state index contributed by atoms with van der Waals surface area (Å²) in [7, 11) is 0. The number of halogens is 2. The summed E-state index contributed by atoms with van der Waals surface area (Å²) >= 11 is 0. The molecule has 0 bridgehead atoms. The van der Waals surface area contributed by atoms with E-state index in [0.717, 1.165) is 54.5 Å². The van der Waals surface area contributed by atoms with Crippen molar-refractivity contribution in [3.8, 4) is 11.3 Å². The van der Waals surface area contributed by atoms with Gasteiger partial charge in [-0.2, -0.15) is 0 Å². The van der Waals surface area contributed by atoms with Crippen molar-refractivity contribution in [2.24, 2.45) is 0 Å². The lowest BCUT2D eigenvalue weighted by atomic mass is 10.0. The molecule has 7 nitrogen and oxygen atoms in total. The Morgan fingerprint density at radius 3 is 2.29 bits per heavy atom. The number of ether oxygens (including phenoxy) is 2. The molecule has 6 rings (SSSR count). The molecule has 2 saturated heterocycles. The van der Waals surface area contributed by atoms with Gasteiger partial charge >= 0.3 is 0 Å². The number of hydrogen-bond donors (Lipinski definition) is 1. The summed E-state index contributed by atoms with van der Waals surface area (Å²) in [4.78, 5) is 13.4. The van der Waals surface area contributed by atoms with E-state index in [0.29, 0.717) is 48.6 Å². The Balaban J connectivity index is 1.50. The molecule has 2 aliphatic heterocycles. The van der Waals surface area contributed by atoms with Crippen LogP contribution in [0.5, 0.6) is 0 Å². The van der Waals surface area contributed by atoms with Crippen LogP contribution in [0.4, 0.5) is 31.5 Å². The lowest BCUT2D eigenvalue weighted by molar-refractivity contribution is 0.122. The van der Waals surface area contributed by atoms with E-state index in [1.165, 1.54) is 24.4 Å². The quantitative estimate of drug-likeness (QED) is 0.386. The zero-order valence-corrected chi connectivity index (χ0v) is 21.2. The minimum Gasteiger partial charge on any atom is -0.378 e. The monoisotopic (exact) mass is 517 g/mol. The number of morpholine rings is 2. The van der Waals surface area contributed by atoms with Gasteiger partial charge in [-0.25, -0.2) is 13.8 Å². The normalized spacial score (nSPS) is 16.2. The molecular weight excluding hydrogens is 488 g/mol. The average molecular weight is 518 g/mol. The minimum atomic E-state index is -0.440. The first-order valence-corrected chi connectivity index (χ1v) is 12.8. The van der Waals surface area contributed by atoms with Crippen LogP contribution in [0.15, 0.2) is 54.9 Å². The molecule has 38 heavy (non-hydrogen) atoms. The van der Waals surface area contributed by atoms with Crippen molar-refractivity contribution in [1.82, 2.24) is 9.97 Å². The summed E-state index contributed by atoms with van der Waals surface area (Å²) in [6, 6.07) is 12.4. The third-order valence-corrected chi connectivity index (χ3v) is 7.14. The Morgan fingerprint density at radius 2 is 1.55 bits per heavy atom. The molecule has 4 heterocycles. The molecule has 2 aliphatic rings. The molecule has 0 spiro atoms. The van der Waals surface area contributed by atoms with Crippen LogP contribution in [0.3, 0.4) is 0 Å². The van der Waals surface area contributed by atoms with Crippen molar-refractivity contribution in [3.63, 3.8) is 0 Å². The molecule has 1 N–H and O–H groups in total. The largest absolute Gasteiger partial charge is 0.378 e. The Bertz CT molecular complexity index is 1470. The van der Waals surface area contributed by atoms with E-state index in [9.17, 15) is 8.78 Å². The highest BCUT2D eigenvalue weighted by molar-refractivity contribution is 5.99. The lowest BCUT2D eigenvalue weighted by Crippen LogP contribution is -2.37. The summed E-state index contributed by atoms with van der Waals surface area (Å²) in [6.07, 6.45) is 2.76. The van der Waals surface area contributed by atoms with Gasteiger partial charge in [-0.05, 0) is 55.0 Å².